The van der Waals surface area contributed by atoms with Gasteiger partial charge in [-0.3, -0.25) is 4.79 Å². The van der Waals surface area contributed by atoms with Crippen LogP contribution in [-0.2, 0) is 6.18 Å². The highest BCUT2D eigenvalue weighted by atomic mass is 32.2. The molecule has 1 aromatic carbocycles. The molecular weight excluding hydrogens is 347 g/mol. The first-order valence-corrected chi connectivity index (χ1v) is 8.61. The van der Waals surface area contributed by atoms with Gasteiger partial charge in [0.05, 0.1) is 11.3 Å². The number of carbonyl (C=O) groups is 1. The summed E-state index contributed by atoms with van der Waals surface area (Å²) in [5.41, 5.74) is -0.781. The molecule has 23 heavy (non-hydrogen) atoms. The molecule has 0 bridgehead atoms. The third kappa shape index (κ3) is 5.21. The van der Waals surface area contributed by atoms with Gasteiger partial charge < -0.3 is 5.32 Å². The van der Waals surface area contributed by atoms with Gasteiger partial charge in [0.1, 0.15) is 0 Å². The quantitative estimate of drug-likeness (QED) is 0.587. The molecule has 2 rings (SSSR count). The molecule has 0 spiro atoms. The zero-order valence-corrected chi connectivity index (χ0v) is 13.8. The number of anilines is 1. The van der Waals surface area contributed by atoms with E-state index in [4.69, 9.17) is 0 Å². The van der Waals surface area contributed by atoms with E-state index in [-0.39, 0.29) is 17.1 Å². The predicted octanol–water partition coefficient (Wildman–Crippen LogP) is 4.35. The molecule has 0 aliphatic heterocycles. The fourth-order valence-corrected chi connectivity index (χ4v) is 3.32. The zero-order valence-electron chi connectivity index (χ0n) is 12.2. The molecule has 0 saturated heterocycles. The number of aromatic nitrogens is 2. The SMILES string of the molecule is CCCNc1nnc(SCC(=O)c2cccc(C(F)(F)F)c2)s1. The summed E-state index contributed by atoms with van der Waals surface area (Å²) in [7, 11) is 0. The van der Waals surface area contributed by atoms with Gasteiger partial charge in [-0.1, -0.05) is 42.2 Å². The van der Waals surface area contributed by atoms with E-state index in [2.05, 4.69) is 15.5 Å². The lowest BCUT2D eigenvalue weighted by molar-refractivity contribution is -0.137. The highest BCUT2D eigenvalue weighted by Gasteiger charge is 2.30. The standard InChI is InChI=1S/C14H14F3N3OS2/c1-2-6-18-12-19-20-13(23-12)22-8-11(21)9-4-3-5-10(7-9)14(15,16)17/h3-5,7H,2,6,8H2,1H3,(H,18,19). The number of alkyl halides is 3. The summed E-state index contributed by atoms with van der Waals surface area (Å²) in [5, 5.41) is 11.6. The molecule has 0 radical (unpaired) electrons. The first-order valence-electron chi connectivity index (χ1n) is 6.80. The van der Waals surface area contributed by atoms with Gasteiger partial charge in [0, 0.05) is 12.1 Å². The first-order chi connectivity index (χ1) is 10.9. The summed E-state index contributed by atoms with van der Waals surface area (Å²) in [6.45, 7) is 2.81. The largest absolute Gasteiger partial charge is 0.416 e. The average molecular weight is 361 g/mol. The Morgan fingerprint density at radius 2 is 2.13 bits per heavy atom. The van der Waals surface area contributed by atoms with Crippen LogP contribution in [-0.4, -0.2) is 28.3 Å². The van der Waals surface area contributed by atoms with E-state index in [1.165, 1.54) is 35.2 Å². The van der Waals surface area contributed by atoms with Crippen LogP contribution < -0.4 is 5.32 Å². The zero-order chi connectivity index (χ0) is 16.9. The van der Waals surface area contributed by atoms with Crippen LogP contribution in [0, 0.1) is 0 Å². The van der Waals surface area contributed by atoms with Crippen LogP contribution >= 0.6 is 23.1 Å². The van der Waals surface area contributed by atoms with Crippen molar-refractivity contribution in [1.29, 1.82) is 0 Å². The Balaban J connectivity index is 1.96. The van der Waals surface area contributed by atoms with Crippen LogP contribution in [0.1, 0.15) is 29.3 Å². The van der Waals surface area contributed by atoms with Crippen molar-refractivity contribution in [3.05, 3.63) is 35.4 Å². The van der Waals surface area contributed by atoms with E-state index < -0.39 is 11.7 Å². The number of rotatable bonds is 7. The van der Waals surface area contributed by atoms with E-state index in [1.54, 1.807) is 0 Å². The van der Waals surface area contributed by atoms with Gasteiger partial charge in [-0.05, 0) is 18.6 Å². The van der Waals surface area contributed by atoms with Crippen LogP contribution in [0.25, 0.3) is 0 Å². The van der Waals surface area contributed by atoms with E-state index >= 15 is 0 Å². The lowest BCUT2D eigenvalue weighted by Gasteiger charge is -2.07. The minimum absolute atomic E-state index is 0.0176. The summed E-state index contributed by atoms with van der Waals surface area (Å²) >= 11 is 2.48. The molecule has 1 N–H and O–H groups in total. The predicted molar refractivity (Wildman–Crippen MR) is 85.2 cm³/mol. The van der Waals surface area contributed by atoms with E-state index in [1.807, 2.05) is 6.92 Å². The number of benzene rings is 1. The number of nitrogens with zero attached hydrogens (tertiary/aromatic N) is 2. The summed E-state index contributed by atoms with van der Waals surface area (Å²) in [6, 6.07) is 4.43. The van der Waals surface area contributed by atoms with Gasteiger partial charge in [-0.25, -0.2) is 0 Å². The Hall–Kier alpha value is -1.61. The molecule has 0 unspecified atom stereocenters. The van der Waals surface area contributed by atoms with Crippen LogP contribution in [0.3, 0.4) is 0 Å². The van der Waals surface area contributed by atoms with Crippen molar-refractivity contribution in [3.8, 4) is 0 Å². The van der Waals surface area contributed by atoms with E-state index in [9.17, 15) is 18.0 Å². The average Bonchev–Trinajstić information content (AvgIpc) is 2.98. The van der Waals surface area contributed by atoms with Crippen molar-refractivity contribution >= 4 is 34.0 Å². The normalized spacial score (nSPS) is 11.5. The van der Waals surface area contributed by atoms with Crippen LogP contribution in [0.4, 0.5) is 18.3 Å². The third-order valence-corrected chi connectivity index (χ3v) is 4.79. The number of carbonyl (C=O) groups excluding carboxylic acids is 1. The number of halogens is 3. The molecule has 2 aromatic rings. The second kappa shape index (κ2) is 7.78. The van der Waals surface area contributed by atoms with Gasteiger partial charge in [-0.2, -0.15) is 13.2 Å². The number of hydrogen-bond acceptors (Lipinski definition) is 6. The van der Waals surface area contributed by atoms with Crippen molar-refractivity contribution in [2.75, 3.05) is 17.6 Å². The van der Waals surface area contributed by atoms with Gasteiger partial charge in [-0.15, -0.1) is 10.2 Å². The fourth-order valence-electron chi connectivity index (χ4n) is 1.65. The number of hydrogen-bond donors (Lipinski definition) is 1. The summed E-state index contributed by atoms with van der Waals surface area (Å²) in [6.07, 6.45) is -3.50. The number of Topliss-reactive ketones (excluding diaryl/α,β-unsaturated/α-hetero) is 1. The van der Waals surface area contributed by atoms with Crippen LogP contribution in [0.2, 0.25) is 0 Å². The number of thioether (sulfide) groups is 1. The molecule has 1 heterocycles. The summed E-state index contributed by atoms with van der Waals surface area (Å²) in [5.74, 6) is -0.358. The molecule has 0 atom stereocenters. The molecular formula is C14H14F3N3OS2. The minimum Gasteiger partial charge on any atom is -0.360 e. The Bertz CT molecular complexity index is 673. The van der Waals surface area contributed by atoms with Crippen molar-refractivity contribution in [2.24, 2.45) is 0 Å². The fraction of sp³-hybridized carbons (Fsp3) is 0.357. The summed E-state index contributed by atoms with van der Waals surface area (Å²) in [4.78, 5) is 12.0. The second-order valence-corrected chi connectivity index (χ2v) is 6.79. The molecule has 1 aromatic heterocycles. The van der Waals surface area contributed by atoms with Crippen molar-refractivity contribution in [2.45, 2.75) is 23.9 Å². The van der Waals surface area contributed by atoms with Crippen LogP contribution in [0.15, 0.2) is 28.6 Å². The lowest BCUT2D eigenvalue weighted by atomic mass is 10.1. The molecule has 124 valence electrons. The number of nitrogens with one attached hydrogen (secondary N) is 1. The Morgan fingerprint density at radius 3 is 2.83 bits per heavy atom. The third-order valence-electron chi connectivity index (χ3n) is 2.77. The van der Waals surface area contributed by atoms with Crippen molar-refractivity contribution < 1.29 is 18.0 Å². The maximum absolute atomic E-state index is 12.6. The highest BCUT2D eigenvalue weighted by molar-refractivity contribution is 8.01. The highest BCUT2D eigenvalue weighted by Crippen LogP contribution is 2.30. The van der Waals surface area contributed by atoms with Gasteiger partial charge >= 0.3 is 6.18 Å². The van der Waals surface area contributed by atoms with Crippen molar-refractivity contribution in [1.82, 2.24) is 10.2 Å². The molecule has 0 saturated carbocycles. The Labute approximate surface area is 139 Å². The smallest absolute Gasteiger partial charge is 0.360 e. The lowest BCUT2D eigenvalue weighted by Crippen LogP contribution is -2.08. The summed E-state index contributed by atoms with van der Waals surface area (Å²) < 4.78 is 38.5. The molecule has 0 fully saturated rings. The van der Waals surface area contributed by atoms with Gasteiger partial charge in [0.15, 0.2) is 10.1 Å². The Morgan fingerprint density at radius 1 is 1.35 bits per heavy atom. The molecule has 4 nitrogen and oxygen atoms in total. The van der Waals surface area contributed by atoms with E-state index in [0.717, 1.165) is 25.1 Å². The molecule has 0 aliphatic rings. The Kier molecular flexibility index (Phi) is 6.00. The topological polar surface area (TPSA) is 54.9 Å². The number of ketones is 1. The van der Waals surface area contributed by atoms with Gasteiger partial charge in [0.25, 0.3) is 0 Å². The minimum atomic E-state index is -4.46. The molecule has 0 aliphatic carbocycles. The second-order valence-electron chi connectivity index (χ2n) is 4.59. The monoisotopic (exact) mass is 361 g/mol. The molecule has 0 amide bonds. The maximum Gasteiger partial charge on any atom is 0.416 e. The molecule has 9 heteroatoms. The van der Waals surface area contributed by atoms with E-state index in [0.29, 0.717) is 9.47 Å². The first kappa shape index (κ1) is 17.7. The van der Waals surface area contributed by atoms with Crippen LogP contribution in [0.5, 0.6) is 0 Å². The van der Waals surface area contributed by atoms with Crippen molar-refractivity contribution in [3.63, 3.8) is 0 Å². The maximum atomic E-state index is 12.6. The van der Waals surface area contributed by atoms with Gasteiger partial charge in [0.2, 0.25) is 5.13 Å².